The predicted molar refractivity (Wildman–Crippen MR) is 155 cm³/mol. The lowest BCUT2D eigenvalue weighted by Crippen LogP contribution is -2.50. The molecular weight excluding hydrogens is 597 g/mol. The van der Waals surface area contributed by atoms with Crippen LogP contribution in [-0.4, -0.2) is 59.9 Å². The molecule has 0 saturated carbocycles. The molecule has 1 N–H and O–H groups in total. The first kappa shape index (κ1) is 30.4. The molecule has 2 atom stereocenters. The zero-order valence-electron chi connectivity index (χ0n) is 24.1. The maximum absolute atomic E-state index is 14.3. The summed E-state index contributed by atoms with van der Waals surface area (Å²) < 4.78 is 70.1. The molecule has 2 aromatic heterocycles. The van der Waals surface area contributed by atoms with Gasteiger partial charge in [-0.2, -0.15) is 0 Å². The molecule has 1 saturated heterocycles. The van der Waals surface area contributed by atoms with E-state index in [1.807, 2.05) is 25.1 Å². The number of ether oxygens (including phenoxy) is 2. The summed E-state index contributed by atoms with van der Waals surface area (Å²) in [7, 11) is 0. The van der Waals surface area contributed by atoms with Gasteiger partial charge < -0.3 is 19.1 Å². The third-order valence-electron chi connectivity index (χ3n) is 8.49. The summed E-state index contributed by atoms with van der Waals surface area (Å²) in [6.45, 7) is 5.14. The van der Waals surface area contributed by atoms with E-state index in [2.05, 4.69) is 10.2 Å². The van der Waals surface area contributed by atoms with Crippen LogP contribution in [0.3, 0.4) is 0 Å². The molecule has 2 aliphatic rings. The summed E-state index contributed by atoms with van der Waals surface area (Å²) in [5, 5.41) is 17.4. The number of pyridine rings is 1. The van der Waals surface area contributed by atoms with Crippen LogP contribution >= 0.6 is 0 Å². The van der Waals surface area contributed by atoms with E-state index >= 15 is 0 Å². The lowest BCUT2D eigenvalue weighted by molar-refractivity contribution is -0.137. The first-order valence-corrected chi connectivity index (χ1v) is 15.3. The lowest BCUT2D eigenvalue weighted by Gasteiger charge is -2.37. The Bertz CT molecular complexity index is 1710. The summed E-state index contributed by atoms with van der Waals surface area (Å²) in [5.41, 5.74) is 3.14. The second-order valence-corrected chi connectivity index (χ2v) is 12.8. The van der Waals surface area contributed by atoms with Gasteiger partial charge in [-0.1, -0.05) is 18.2 Å². The number of hydrogen-bond acceptors (Lipinski definition) is 7. The van der Waals surface area contributed by atoms with Gasteiger partial charge in [0.05, 0.1) is 44.1 Å². The van der Waals surface area contributed by atoms with E-state index in [0.717, 1.165) is 11.1 Å². The Labute approximate surface area is 254 Å². The third-order valence-corrected chi connectivity index (χ3v) is 9.91. The van der Waals surface area contributed by atoms with E-state index < -0.39 is 46.9 Å². The van der Waals surface area contributed by atoms with E-state index in [-0.39, 0.29) is 23.5 Å². The first-order valence-electron chi connectivity index (χ1n) is 14.2. The molecular formula is C31H31F3N4O5S. The Morgan fingerprint density at radius 2 is 1.91 bits per heavy atom. The summed E-state index contributed by atoms with van der Waals surface area (Å²) in [6, 6.07) is 11.3. The number of benzene rings is 2. The zero-order chi connectivity index (χ0) is 31.2. The predicted octanol–water partition coefficient (Wildman–Crippen LogP) is 5.50. The van der Waals surface area contributed by atoms with Gasteiger partial charge >= 0.3 is 5.97 Å². The minimum absolute atomic E-state index is 0.230. The SMILES string of the molecule is Cc1ccc(C(CC(=O)O)c2ccn3c(C(F)F)nnc3c2C)cc1CN1CC2(CCOCC2)Oc2ccc(F)cc2[S+]1[O-]. The van der Waals surface area contributed by atoms with Crippen molar-refractivity contribution in [1.82, 2.24) is 18.9 Å². The van der Waals surface area contributed by atoms with Crippen molar-refractivity contribution in [3.8, 4) is 5.75 Å². The molecule has 4 aromatic rings. The number of carboxylic acid groups (broad SMARTS) is 1. The topological polar surface area (TPSA) is 112 Å². The number of rotatable bonds is 7. The number of carboxylic acids is 1. The number of nitrogens with zero attached hydrogens (tertiary/aromatic N) is 4. The highest BCUT2D eigenvalue weighted by molar-refractivity contribution is 7.89. The van der Waals surface area contributed by atoms with Gasteiger partial charge in [0.1, 0.15) is 11.4 Å². The maximum atomic E-state index is 14.3. The third kappa shape index (κ3) is 5.76. The number of aliphatic carboxylic acids is 1. The van der Waals surface area contributed by atoms with E-state index in [1.165, 1.54) is 28.8 Å². The van der Waals surface area contributed by atoms with Gasteiger partial charge in [-0.15, -0.1) is 14.5 Å². The first-order chi connectivity index (χ1) is 21.0. The molecule has 1 spiro atoms. The van der Waals surface area contributed by atoms with Crippen molar-refractivity contribution in [3.05, 3.63) is 88.1 Å². The van der Waals surface area contributed by atoms with Crippen molar-refractivity contribution in [3.63, 3.8) is 0 Å². The highest BCUT2D eigenvalue weighted by atomic mass is 32.2. The lowest BCUT2D eigenvalue weighted by atomic mass is 9.85. The molecule has 2 unspecified atom stereocenters. The van der Waals surface area contributed by atoms with Gasteiger partial charge in [0.25, 0.3) is 6.43 Å². The maximum Gasteiger partial charge on any atom is 0.304 e. The summed E-state index contributed by atoms with van der Waals surface area (Å²) >= 11 is -1.75. The van der Waals surface area contributed by atoms with Gasteiger partial charge in [-0.3, -0.25) is 9.20 Å². The Hall–Kier alpha value is -3.65. The van der Waals surface area contributed by atoms with Crippen LogP contribution in [0.1, 0.15) is 65.2 Å². The fourth-order valence-corrected chi connectivity index (χ4v) is 7.48. The molecule has 232 valence electrons. The Kier molecular flexibility index (Phi) is 8.31. The van der Waals surface area contributed by atoms with Crippen molar-refractivity contribution in [2.75, 3.05) is 19.8 Å². The molecule has 9 nitrogen and oxygen atoms in total. The Morgan fingerprint density at radius 1 is 1.14 bits per heavy atom. The van der Waals surface area contributed by atoms with Crippen LogP contribution < -0.4 is 4.74 Å². The smallest absolute Gasteiger partial charge is 0.304 e. The normalized spacial score (nSPS) is 19.1. The van der Waals surface area contributed by atoms with Crippen molar-refractivity contribution in [2.24, 2.45) is 0 Å². The summed E-state index contributed by atoms with van der Waals surface area (Å²) in [5.74, 6) is -2.27. The molecule has 0 aliphatic carbocycles. The van der Waals surface area contributed by atoms with E-state index in [9.17, 15) is 27.6 Å². The molecule has 6 rings (SSSR count). The molecule has 1 fully saturated rings. The van der Waals surface area contributed by atoms with Crippen molar-refractivity contribution in [2.45, 2.75) is 62.5 Å². The van der Waals surface area contributed by atoms with Crippen LogP contribution in [0.5, 0.6) is 5.75 Å². The van der Waals surface area contributed by atoms with E-state index in [0.29, 0.717) is 55.0 Å². The fourth-order valence-electron chi connectivity index (χ4n) is 6.10. The largest absolute Gasteiger partial charge is 0.593 e. The number of halogens is 3. The number of hydrogen-bond donors (Lipinski definition) is 1. The highest BCUT2D eigenvalue weighted by Gasteiger charge is 2.45. The number of aromatic nitrogens is 3. The standard InChI is InChI=1S/C31H31F3N4O5S/c1-18-3-4-20(24(15-27(39)40)23-7-10-38-29(19(23)2)35-36-30(38)28(33)34)13-21(18)16-37-17-31(8-11-42-12-9-31)43-25-6-5-22(32)14-26(25)44(37)41/h3-7,10,13-14,24,28H,8-9,11-12,15-17H2,1-2H3,(H,39,40). The fraction of sp³-hybridized carbons (Fsp3) is 0.387. The van der Waals surface area contributed by atoms with Crippen LogP contribution in [-0.2, 0) is 27.4 Å². The minimum atomic E-state index is -2.82. The van der Waals surface area contributed by atoms with Crippen LogP contribution in [0.15, 0.2) is 53.6 Å². The average molecular weight is 629 g/mol. The van der Waals surface area contributed by atoms with Crippen LogP contribution in [0, 0.1) is 19.7 Å². The summed E-state index contributed by atoms with van der Waals surface area (Å²) in [4.78, 5) is 12.3. The van der Waals surface area contributed by atoms with Crippen LogP contribution in [0.4, 0.5) is 13.2 Å². The van der Waals surface area contributed by atoms with Gasteiger partial charge in [0, 0.05) is 31.0 Å². The van der Waals surface area contributed by atoms with E-state index in [1.54, 1.807) is 17.3 Å². The second-order valence-electron chi connectivity index (χ2n) is 11.3. The Morgan fingerprint density at radius 3 is 2.64 bits per heavy atom. The molecule has 44 heavy (non-hydrogen) atoms. The molecule has 0 radical (unpaired) electrons. The molecule has 13 heteroatoms. The molecule has 4 heterocycles. The van der Waals surface area contributed by atoms with Gasteiger partial charge in [-0.05, 0) is 59.9 Å². The highest BCUT2D eigenvalue weighted by Crippen LogP contribution is 2.40. The minimum Gasteiger partial charge on any atom is -0.593 e. The van der Waals surface area contributed by atoms with E-state index in [4.69, 9.17) is 9.47 Å². The van der Waals surface area contributed by atoms with Gasteiger partial charge in [-0.25, -0.2) is 13.2 Å². The second kappa shape index (κ2) is 12.0. The molecule has 2 aromatic carbocycles. The number of alkyl halides is 2. The number of aryl methyl sites for hydroxylation is 2. The molecule has 2 aliphatic heterocycles. The monoisotopic (exact) mass is 628 g/mol. The van der Waals surface area contributed by atoms with Gasteiger partial charge in [0.15, 0.2) is 11.4 Å². The number of carbonyl (C=O) groups is 1. The number of fused-ring (bicyclic) bond motifs is 2. The average Bonchev–Trinajstić information content (AvgIpc) is 3.40. The summed E-state index contributed by atoms with van der Waals surface area (Å²) in [6.07, 6.45) is -0.477. The molecule has 0 amide bonds. The molecule has 0 bridgehead atoms. The van der Waals surface area contributed by atoms with Crippen molar-refractivity contribution in [1.29, 1.82) is 0 Å². The zero-order valence-corrected chi connectivity index (χ0v) is 25.0. The van der Waals surface area contributed by atoms with Crippen LogP contribution in [0.2, 0.25) is 0 Å². The van der Waals surface area contributed by atoms with Crippen molar-refractivity contribution >= 4 is 23.0 Å². The quantitative estimate of drug-likeness (QED) is 0.267. The van der Waals surface area contributed by atoms with Gasteiger partial charge in [0.2, 0.25) is 10.7 Å². The Balaban J connectivity index is 1.38. The van der Waals surface area contributed by atoms with Crippen molar-refractivity contribution < 1.29 is 37.1 Å². The van der Waals surface area contributed by atoms with Crippen LogP contribution in [0.25, 0.3) is 5.65 Å².